The molecule has 29 heavy (non-hydrogen) atoms. The fraction of sp³-hybridized carbons (Fsp3) is 0.316. The molecule has 0 spiro atoms. The third-order valence-corrected chi connectivity index (χ3v) is 5.74. The molecule has 0 radical (unpaired) electrons. The predicted octanol–water partition coefficient (Wildman–Crippen LogP) is -0.309. The molecule has 1 fully saturated rings. The van der Waals surface area contributed by atoms with Crippen molar-refractivity contribution in [2.45, 2.75) is 0 Å². The first kappa shape index (κ1) is 22.6. The molecule has 0 atom stereocenters. The van der Waals surface area contributed by atoms with Crippen molar-refractivity contribution in [1.29, 1.82) is 0 Å². The van der Waals surface area contributed by atoms with E-state index in [9.17, 15) is 13.0 Å². The van der Waals surface area contributed by atoms with Gasteiger partial charge in [0.25, 0.3) is 0 Å². The van der Waals surface area contributed by atoms with Gasteiger partial charge in [0.05, 0.1) is 21.4 Å². The SMILES string of the molecule is O=S(=O)([O-])CCN1CCN(C2=Nc3ccccc3Oc3ccc(Cl)cc32)CC1.[Na+]. The van der Waals surface area contributed by atoms with Crippen molar-refractivity contribution in [1.82, 2.24) is 9.80 Å². The fourth-order valence-corrected chi connectivity index (χ4v) is 4.01. The quantitative estimate of drug-likeness (QED) is 0.478. The van der Waals surface area contributed by atoms with Crippen molar-refractivity contribution < 1.29 is 47.3 Å². The summed E-state index contributed by atoms with van der Waals surface area (Å²) < 4.78 is 38.7. The summed E-state index contributed by atoms with van der Waals surface area (Å²) in [4.78, 5) is 8.97. The first-order valence-corrected chi connectivity index (χ1v) is 10.9. The molecular formula is C19H19ClN3NaO4S. The maximum Gasteiger partial charge on any atom is 1.00 e. The average molecular weight is 444 g/mol. The molecule has 0 bridgehead atoms. The van der Waals surface area contributed by atoms with Gasteiger partial charge < -0.3 is 14.2 Å². The molecule has 4 rings (SSSR count). The van der Waals surface area contributed by atoms with Crippen LogP contribution >= 0.6 is 11.6 Å². The maximum absolute atomic E-state index is 10.9. The van der Waals surface area contributed by atoms with Crippen LogP contribution in [0.5, 0.6) is 11.5 Å². The number of benzene rings is 2. The van der Waals surface area contributed by atoms with Gasteiger partial charge in [-0.1, -0.05) is 23.7 Å². The van der Waals surface area contributed by atoms with Gasteiger partial charge in [0.1, 0.15) is 17.3 Å². The van der Waals surface area contributed by atoms with Gasteiger partial charge in [-0.25, -0.2) is 13.4 Å². The number of hydrogen-bond donors (Lipinski definition) is 0. The number of para-hydroxylation sites is 2. The van der Waals surface area contributed by atoms with Crippen LogP contribution in [0.2, 0.25) is 5.02 Å². The second kappa shape index (κ2) is 9.34. The maximum atomic E-state index is 10.9. The summed E-state index contributed by atoms with van der Waals surface area (Å²) in [5.41, 5.74) is 1.56. The van der Waals surface area contributed by atoms with Crippen molar-refractivity contribution in [3.63, 3.8) is 0 Å². The van der Waals surface area contributed by atoms with E-state index >= 15 is 0 Å². The number of hydrogen-bond acceptors (Lipinski definition) is 7. The summed E-state index contributed by atoms with van der Waals surface area (Å²) in [7, 11) is -4.20. The third-order valence-electron chi connectivity index (χ3n) is 4.82. The summed E-state index contributed by atoms with van der Waals surface area (Å²) in [6, 6.07) is 13.1. The van der Waals surface area contributed by atoms with Crippen LogP contribution in [0.4, 0.5) is 5.69 Å². The summed E-state index contributed by atoms with van der Waals surface area (Å²) in [5.74, 6) is 1.78. The zero-order valence-corrected chi connectivity index (χ0v) is 19.6. The van der Waals surface area contributed by atoms with Gasteiger partial charge in [-0.15, -0.1) is 0 Å². The Kier molecular flexibility index (Phi) is 7.27. The van der Waals surface area contributed by atoms with Gasteiger partial charge in [0.15, 0.2) is 5.75 Å². The van der Waals surface area contributed by atoms with Gasteiger partial charge >= 0.3 is 29.6 Å². The summed E-state index contributed by atoms with van der Waals surface area (Å²) in [6.45, 7) is 2.86. The first-order valence-electron chi connectivity index (χ1n) is 8.95. The fourth-order valence-electron chi connectivity index (χ4n) is 3.36. The molecule has 2 aromatic carbocycles. The van der Waals surface area contributed by atoms with Crippen LogP contribution in [0.15, 0.2) is 47.5 Å². The van der Waals surface area contributed by atoms with Crippen LogP contribution in [0.3, 0.4) is 0 Å². The first-order chi connectivity index (χ1) is 13.4. The number of nitrogens with zero attached hydrogens (tertiary/aromatic N) is 3. The van der Waals surface area contributed by atoms with Gasteiger partial charge in [-0.05, 0) is 30.3 Å². The third kappa shape index (κ3) is 5.52. The van der Waals surface area contributed by atoms with E-state index < -0.39 is 10.1 Å². The van der Waals surface area contributed by atoms with E-state index in [1.54, 1.807) is 6.07 Å². The Bertz CT molecular complexity index is 1020. The van der Waals surface area contributed by atoms with Crippen molar-refractivity contribution in [3.8, 4) is 11.5 Å². The Morgan fingerprint density at radius 3 is 2.52 bits per heavy atom. The molecule has 0 unspecified atom stereocenters. The molecule has 0 aromatic heterocycles. The monoisotopic (exact) mass is 443 g/mol. The molecular weight excluding hydrogens is 425 g/mol. The summed E-state index contributed by atoms with van der Waals surface area (Å²) in [5, 5.41) is 0.597. The Morgan fingerprint density at radius 1 is 1.07 bits per heavy atom. The molecule has 2 aliphatic rings. The molecule has 2 heterocycles. The van der Waals surface area contributed by atoms with Crippen LogP contribution in [0.1, 0.15) is 5.56 Å². The van der Waals surface area contributed by atoms with Gasteiger partial charge in [0, 0.05) is 37.7 Å². The number of amidine groups is 1. The minimum atomic E-state index is -4.20. The second-order valence-electron chi connectivity index (χ2n) is 6.74. The van der Waals surface area contributed by atoms with Crippen molar-refractivity contribution in [2.75, 3.05) is 38.5 Å². The summed E-state index contributed by atoms with van der Waals surface area (Å²) in [6.07, 6.45) is 0. The van der Waals surface area contributed by atoms with E-state index in [1.165, 1.54) is 0 Å². The van der Waals surface area contributed by atoms with Crippen LogP contribution in [0, 0.1) is 0 Å². The van der Waals surface area contributed by atoms with E-state index in [-0.39, 0.29) is 41.9 Å². The largest absolute Gasteiger partial charge is 1.00 e. The van der Waals surface area contributed by atoms with Crippen molar-refractivity contribution >= 4 is 33.2 Å². The minimum absolute atomic E-state index is 0. The zero-order chi connectivity index (χ0) is 19.7. The van der Waals surface area contributed by atoms with Gasteiger partial charge in [-0.3, -0.25) is 4.90 Å². The van der Waals surface area contributed by atoms with E-state index in [0.717, 1.165) is 17.1 Å². The minimum Gasteiger partial charge on any atom is -0.748 e. The van der Waals surface area contributed by atoms with Crippen LogP contribution in [-0.4, -0.2) is 67.1 Å². The molecule has 148 valence electrons. The molecule has 2 aromatic rings. The normalized spacial score (nSPS) is 16.6. The van der Waals surface area contributed by atoms with Crippen LogP contribution in [-0.2, 0) is 10.1 Å². The Labute approximate surface area is 197 Å². The Balaban J connectivity index is 0.00000240. The number of rotatable bonds is 3. The molecule has 2 aliphatic heterocycles. The van der Waals surface area contributed by atoms with Crippen LogP contribution in [0.25, 0.3) is 0 Å². The Morgan fingerprint density at radius 2 is 1.79 bits per heavy atom. The molecule has 0 amide bonds. The smallest absolute Gasteiger partial charge is 0.748 e. The van der Waals surface area contributed by atoms with Crippen LogP contribution < -0.4 is 34.3 Å². The van der Waals surface area contributed by atoms with E-state index in [1.807, 2.05) is 41.3 Å². The zero-order valence-electron chi connectivity index (χ0n) is 16.0. The van der Waals surface area contributed by atoms with E-state index in [2.05, 4.69) is 4.90 Å². The molecule has 7 nitrogen and oxygen atoms in total. The van der Waals surface area contributed by atoms with E-state index in [0.29, 0.717) is 42.7 Å². The van der Waals surface area contributed by atoms with Gasteiger partial charge in [0.2, 0.25) is 0 Å². The van der Waals surface area contributed by atoms with Gasteiger partial charge in [-0.2, -0.15) is 0 Å². The molecule has 0 aliphatic carbocycles. The molecule has 1 saturated heterocycles. The Hall–Kier alpha value is -1.13. The summed E-state index contributed by atoms with van der Waals surface area (Å²) >= 11 is 6.23. The topological polar surface area (TPSA) is 85.3 Å². The average Bonchev–Trinajstić information content (AvgIpc) is 2.83. The number of halogens is 1. The number of fused-ring (bicyclic) bond motifs is 2. The number of piperazine rings is 1. The predicted molar refractivity (Wildman–Crippen MR) is 107 cm³/mol. The number of aliphatic imine (C=N–C) groups is 1. The number of ether oxygens (including phenoxy) is 1. The second-order valence-corrected chi connectivity index (χ2v) is 8.70. The van der Waals surface area contributed by atoms with Crippen molar-refractivity contribution in [2.24, 2.45) is 4.99 Å². The van der Waals surface area contributed by atoms with E-state index in [4.69, 9.17) is 21.3 Å². The van der Waals surface area contributed by atoms with Crippen molar-refractivity contribution in [3.05, 3.63) is 53.1 Å². The standard InChI is InChI=1S/C19H20ClN3O4S.Na/c20-14-5-6-17-15(13-14)19(21-16-3-1-2-4-18(16)27-17)23-9-7-22(8-10-23)11-12-28(24,25)26;/h1-6,13H,7-12H2,(H,24,25,26);/q;+1/p-1. The molecule has 10 heteroatoms. The molecule has 0 N–H and O–H groups in total. The molecule has 0 saturated carbocycles.